The summed E-state index contributed by atoms with van der Waals surface area (Å²) in [4.78, 5) is 0. The Kier molecular flexibility index (Phi) is 4.53. The van der Waals surface area contributed by atoms with Crippen molar-refractivity contribution < 1.29 is 9.47 Å². The molecular formula is C16H18ClNO2. The average molecular weight is 292 g/mol. The molecule has 0 aliphatic heterocycles. The maximum atomic E-state index is 6.30. The zero-order valence-corrected chi connectivity index (χ0v) is 12.6. The summed E-state index contributed by atoms with van der Waals surface area (Å²) in [5.74, 6) is 1.21. The molecule has 0 radical (unpaired) electrons. The third-order valence-electron chi connectivity index (χ3n) is 3.27. The van der Waals surface area contributed by atoms with Crippen molar-refractivity contribution in [1.82, 2.24) is 0 Å². The molecule has 0 bridgehead atoms. The summed E-state index contributed by atoms with van der Waals surface area (Å²) in [7, 11) is 3.17. The van der Waals surface area contributed by atoms with Crippen molar-refractivity contribution in [1.29, 1.82) is 0 Å². The lowest BCUT2D eigenvalue weighted by atomic mass is 9.98. The van der Waals surface area contributed by atoms with E-state index >= 15 is 0 Å². The highest BCUT2D eigenvalue weighted by Gasteiger charge is 2.16. The van der Waals surface area contributed by atoms with E-state index in [1.54, 1.807) is 20.3 Å². The third-order valence-corrected chi connectivity index (χ3v) is 3.60. The number of ether oxygens (including phenoxy) is 2. The molecule has 1 atom stereocenters. The van der Waals surface area contributed by atoms with Gasteiger partial charge in [0.15, 0.2) is 11.5 Å². The molecule has 106 valence electrons. The summed E-state index contributed by atoms with van der Waals surface area (Å²) in [6.45, 7) is 2.04. The molecular weight excluding hydrogens is 274 g/mol. The molecule has 3 nitrogen and oxygen atoms in total. The topological polar surface area (TPSA) is 44.5 Å². The average Bonchev–Trinajstić information content (AvgIpc) is 2.47. The molecule has 2 rings (SSSR count). The molecule has 2 aromatic rings. The standard InChI is InChI=1S/C16H18ClNO2/c1-10-4-6-11(7-5-10)16(18)12-8-14(19-2)15(20-3)9-13(12)17/h4-9,16H,18H2,1-3H3. The van der Waals surface area contributed by atoms with Gasteiger partial charge in [-0.2, -0.15) is 0 Å². The van der Waals surface area contributed by atoms with Crippen LogP contribution in [0.2, 0.25) is 5.02 Å². The van der Waals surface area contributed by atoms with Crippen molar-refractivity contribution in [2.45, 2.75) is 13.0 Å². The smallest absolute Gasteiger partial charge is 0.162 e. The number of nitrogens with two attached hydrogens (primary N) is 1. The summed E-state index contributed by atoms with van der Waals surface area (Å²) in [6, 6.07) is 11.3. The molecule has 0 aliphatic carbocycles. The normalized spacial score (nSPS) is 12.1. The molecule has 0 saturated carbocycles. The Balaban J connectivity index is 2.43. The second kappa shape index (κ2) is 6.16. The van der Waals surface area contributed by atoms with Crippen LogP contribution in [0.25, 0.3) is 0 Å². The Morgan fingerprint density at radius 2 is 1.55 bits per heavy atom. The molecule has 2 N–H and O–H groups in total. The van der Waals surface area contributed by atoms with Crippen molar-refractivity contribution in [3.63, 3.8) is 0 Å². The van der Waals surface area contributed by atoms with E-state index < -0.39 is 0 Å². The van der Waals surface area contributed by atoms with Crippen molar-refractivity contribution in [2.24, 2.45) is 5.73 Å². The highest BCUT2D eigenvalue weighted by molar-refractivity contribution is 6.31. The fraction of sp³-hybridized carbons (Fsp3) is 0.250. The first-order chi connectivity index (χ1) is 9.56. The van der Waals surface area contributed by atoms with Crippen LogP contribution in [-0.2, 0) is 0 Å². The fourth-order valence-electron chi connectivity index (χ4n) is 2.06. The first kappa shape index (κ1) is 14.7. The van der Waals surface area contributed by atoms with Crippen molar-refractivity contribution in [2.75, 3.05) is 14.2 Å². The summed E-state index contributed by atoms with van der Waals surface area (Å²) in [6.07, 6.45) is 0. The van der Waals surface area contributed by atoms with Gasteiger partial charge in [-0.1, -0.05) is 41.4 Å². The van der Waals surface area contributed by atoms with E-state index in [0.29, 0.717) is 16.5 Å². The maximum absolute atomic E-state index is 6.30. The number of aryl methyl sites for hydroxylation is 1. The second-order valence-corrected chi connectivity index (χ2v) is 5.02. The number of halogens is 1. The second-order valence-electron chi connectivity index (χ2n) is 4.62. The van der Waals surface area contributed by atoms with Crippen LogP contribution >= 0.6 is 11.6 Å². The van der Waals surface area contributed by atoms with Gasteiger partial charge in [-0.05, 0) is 24.1 Å². The monoisotopic (exact) mass is 291 g/mol. The van der Waals surface area contributed by atoms with E-state index in [9.17, 15) is 0 Å². The van der Waals surface area contributed by atoms with E-state index in [0.717, 1.165) is 11.1 Å². The lowest BCUT2D eigenvalue weighted by molar-refractivity contribution is 0.354. The summed E-state index contributed by atoms with van der Waals surface area (Å²) in [5.41, 5.74) is 9.31. The number of hydrogen-bond donors (Lipinski definition) is 1. The molecule has 0 fully saturated rings. The SMILES string of the molecule is COc1cc(Cl)c(C(N)c2ccc(C)cc2)cc1OC. The fourth-order valence-corrected chi connectivity index (χ4v) is 2.33. The first-order valence-corrected chi connectivity index (χ1v) is 6.68. The molecule has 1 unspecified atom stereocenters. The molecule has 0 aromatic heterocycles. The van der Waals surface area contributed by atoms with Crippen LogP contribution in [0.4, 0.5) is 0 Å². The largest absolute Gasteiger partial charge is 0.493 e. The van der Waals surface area contributed by atoms with Gasteiger partial charge in [-0.15, -0.1) is 0 Å². The van der Waals surface area contributed by atoms with E-state index in [4.69, 9.17) is 26.8 Å². The number of benzene rings is 2. The van der Waals surface area contributed by atoms with Crippen LogP contribution in [-0.4, -0.2) is 14.2 Å². The van der Waals surface area contributed by atoms with Crippen molar-refractivity contribution in [3.8, 4) is 11.5 Å². The van der Waals surface area contributed by atoms with Crippen LogP contribution in [0, 0.1) is 6.92 Å². The van der Waals surface area contributed by atoms with Crippen LogP contribution in [0.1, 0.15) is 22.7 Å². The molecule has 4 heteroatoms. The Hall–Kier alpha value is -1.71. The van der Waals surface area contributed by atoms with Crippen LogP contribution < -0.4 is 15.2 Å². The van der Waals surface area contributed by atoms with Gasteiger partial charge in [0.2, 0.25) is 0 Å². The third kappa shape index (κ3) is 2.89. The van der Waals surface area contributed by atoms with Crippen molar-refractivity contribution in [3.05, 3.63) is 58.1 Å². The maximum Gasteiger partial charge on any atom is 0.162 e. The Bertz CT molecular complexity index is 596. The highest BCUT2D eigenvalue weighted by atomic mass is 35.5. The Morgan fingerprint density at radius 1 is 1.00 bits per heavy atom. The minimum atomic E-state index is -0.303. The lowest BCUT2D eigenvalue weighted by Gasteiger charge is -2.17. The first-order valence-electron chi connectivity index (χ1n) is 6.30. The van der Waals surface area contributed by atoms with Gasteiger partial charge in [0.05, 0.1) is 20.3 Å². The van der Waals surface area contributed by atoms with Gasteiger partial charge in [0.25, 0.3) is 0 Å². The van der Waals surface area contributed by atoms with E-state index in [2.05, 4.69) is 0 Å². The zero-order chi connectivity index (χ0) is 14.7. The van der Waals surface area contributed by atoms with Gasteiger partial charge in [0.1, 0.15) is 0 Å². The van der Waals surface area contributed by atoms with E-state index in [1.807, 2.05) is 37.3 Å². The predicted molar refractivity (Wildman–Crippen MR) is 81.8 cm³/mol. The molecule has 0 heterocycles. The summed E-state index contributed by atoms with van der Waals surface area (Å²) < 4.78 is 10.5. The molecule has 0 saturated heterocycles. The predicted octanol–water partition coefficient (Wildman–Crippen LogP) is 3.71. The number of hydrogen-bond acceptors (Lipinski definition) is 3. The number of rotatable bonds is 4. The van der Waals surface area contributed by atoms with Crippen LogP contribution in [0.5, 0.6) is 11.5 Å². The Morgan fingerprint density at radius 3 is 2.10 bits per heavy atom. The highest BCUT2D eigenvalue weighted by Crippen LogP contribution is 2.36. The molecule has 2 aromatic carbocycles. The summed E-state index contributed by atoms with van der Waals surface area (Å²) >= 11 is 6.30. The molecule has 20 heavy (non-hydrogen) atoms. The quantitative estimate of drug-likeness (QED) is 0.934. The van der Waals surface area contributed by atoms with Crippen molar-refractivity contribution >= 4 is 11.6 Å². The van der Waals surface area contributed by atoms with E-state index in [-0.39, 0.29) is 6.04 Å². The Labute approximate surface area is 124 Å². The van der Waals surface area contributed by atoms with Gasteiger partial charge < -0.3 is 15.2 Å². The minimum absolute atomic E-state index is 0.303. The number of methoxy groups -OCH3 is 2. The van der Waals surface area contributed by atoms with Gasteiger partial charge in [-0.25, -0.2) is 0 Å². The van der Waals surface area contributed by atoms with Gasteiger partial charge in [-0.3, -0.25) is 0 Å². The minimum Gasteiger partial charge on any atom is -0.493 e. The molecule has 0 aliphatic rings. The van der Waals surface area contributed by atoms with Crippen LogP contribution in [0.15, 0.2) is 36.4 Å². The van der Waals surface area contributed by atoms with Gasteiger partial charge >= 0.3 is 0 Å². The van der Waals surface area contributed by atoms with E-state index in [1.165, 1.54) is 5.56 Å². The van der Waals surface area contributed by atoms with Crippen LogP contribution in [0.3, 0.4) is 0 Å². The molecule has 0 amide bonds. The molecule has 0 spiro atoms. The summed E-state index contributed by atoms with van der Waals surface area (Å²) in [5, 5.41) is 0.565. The zero-order valence-electron chi connectivity index (χ0n) is 11.8. The van der Waals surface area contributed by atoms with Gasteiger partial charge in [0, 0.05) is 11.1 Å². The lowest BCUT2D eigenvalue weighted by Crippen LogP contribution is -2.12.